The fourth-order valence-electron chi connectivity index (χ4n) is 1.47. The van der Waals surface area contributed by atoms with E-state index in [0.29, 0.717) is 25.8 Å². The molecular formula is C11H15NO2. The summed E-state index contributed by atoms with van der Waals surface area (Å²) in [6, 6.07) is 0. The van der Waals surface area contributed by atoms with Crippen LogP contribution in [0.3, 0.4) is 0 Å². The fourth-order valence-corrected chi connectivity index (χ4v) is 1.47. The summed E-state index contributed by atoms with van der Waals surface area (Å²) in [5.41, 5.74) is 1.21. The number of carbonyl (C=O) groups is 1. The highest BCUT2D eigenvalue weighted by Gasteiger charge is 2.24. The molecule has 0 saturated heterocycles. The third kappa shape index (κ3) is 2.23. The third-order valence-electron chi connectivity index (χ3n) is 2.51. The van der Waals surface area contributed by atoms with Crippen LogP contribution >= 0.6 is 0 Å². The summed E-state index contributed by atoms with van der Waals surface area (Å²) in [5.74, 6) is 0.00247. The van der Waals surface area contributed by atoms with Gasteiger partial charge in [-0.25, -0.2) is 0 Å². The van der Waals surface area contributed by atoms with Crippen molar-refractivity contribution >= 4 is 5.91 Å². The molecule has 0 aromatic carbocycles. The van der Waals surface area contributed by atoms with Crippen molar-refractivity contribution in [3.8, 4) is 0 Å². The van der Waals surface area contributed by atoms with E-state index in [1.54, 1.807) is 4.90 Å². The summed E-state index contributed by atoms with van der Waals surface area (Å²) < 4.78 is 5.57. The molecule has 0 radical (unpaired) electrons. The molecule has 1 saturated carbocycles. The zero-order chi connectivity index (χ0) is 9.97. The van der Waals surface area contributed by atoms with Gasteiger partial charge in [-0.15, -0.1) is 0 Å². The van der Waals surface area contributed by atoms with Crippen LogP contribution in [0.25, 0.3) is 0 Å². The molecule has 3 nitrogen and oxygen atoms in total. The monoisotopic (exact) mass is 193 g/mol. The van der Waals surface area contributed by atoms with Gasteiger partial charge in [-0.3, -0.25) is 4.79 Å². The Morgan fingerprint density at radius 3 is 3.14 bits per heavy atom. The lowest BCUT2D eigenvalue weighted by atomic mass is 10.3. The number of hydrogen-bond acceptors (Lipinski definition) is 2. The summed E-state index contributed by atoms with van der Waals surface area (Å²) in [6.45, 7) is 5.56. The number of hydrogen-bond donors (Lipinski definition) is 0. The average Bonchev–Trinajstić information content (AvgIpc) is 2.92. The largest absolute Gasteiger partial charge is 0.374 e. The van der Waals surface area contributed by atoms with E-state index in [0.717, 1.165) is 0 Å². The van der Waals surface area contributed by atoms with Crippen molar-refractivity contribution in [2.75, 3.05) is 19.7 Å². The highest BCUT2D eigenvalue weighted by Crippen LogP contribution is 2.24. The van der Waals surface area contributed by atoms with Gasteiger partial charge in [0.2, 0.25) is 5.91 Å². The predicted molar refractivity (Wildman–Crippen MR) is 53.8 cm³/mol. The highest BCUT2D eigenvalue weighted by molar-refractivity contribution is 5.87. The molecule has 3 heteroatoms. The zero-order valence-corrected chi connectivity index (χ0v) is 8.24. The Bertz CT molecular complexity index is 279. The van der Waals surface area contributed by atoms with Crippen molar-refractivity contribution in [1.29, 1.82) is 0 Å². The Hall–Kier alpha value is -1.09. The first-order valence-electron chi connectivity index (χ1n) is 5.00. The SMILES string of the molecule is C=CC(=O)N1CC=C(COC2CC2)C1. The van der Waals surface area contributed by atoms with Crippen LogP contribution in [-0.4, -0.2) is 36.6 Å². The van der Waals surface area contributed by atoms with Crippen LogP contribution in [0.2, 0.25) is 0 Å². The van der Waals surface area contributed by atoms with Crippen molar-refractivity contribution in [2.45, 2.75) is 18.9 Å². The lowest BCUT2D eigenvalue weighted by Crippen LogP contribution is -2.27. The minimum Gasteiger partial charge on any atom is -0.374 e. The molecule has 0 atom stereocenters. The Labute approximate surface area is 84.0 Å². The quantitative estimate of drug-likeness (QED) is 0.494. The first-order valence-corrected chi connectivity index (χ1v) is 5.00. The molecule has 2 aliphatic rings. The Balaban J connectivity index is 1.74. The fraction of sp³-hybridized carbons (Fsp3) is 0.545. The molecule has 1 aliphatic carbocycles. The van der Waals surface area contributed by atoms with Gasteiger partial charge in [0.15, 0.2) is 0 Å². The molecule has 0 aromatic rings. The van der Waals surface area contributed by atoms with E-state index in [9.17, 15) is 4.79 Å². The molecule has 1 fully saturated rings. The minimum atomic E-state index is 0.00247. The second-order valence-electron chi connectivity index (χ2n) is 3.80. The molecule has 14 heavy (non-hydrogen) atoms. The lowest BCUT2D eigenvalue weighted by Gasteiger charge is -2.13. The van der Waals surface area contributed by atoms with Crippen LogP contribution < -0.4 is 0 Å². The first-order chi connectivity index (χ1) is 6.79. The van der Waals surface area contributed by atoms with Gasteiger partial charge in [-0.05, 0) is 24.5 Å². The highest BCUT2D eigenvalue weighted by atomic mass is 16.5. The Kier molecular flexibility index (Phi) is 2.68. The molecule has 0 N–H and O–H groups in total. The van der Waals surface area contributed by atoms with Crippen molar-refractivity contribution in [3.05, 3.63) is 24.3 Å². The minimum absolute atomic E-state index is 0.00247. The summed E-state index contributed by atoms with van der Waals surface area (Å²) in [6.07, 6.45) is 6.31. The van der Waals surface area contributed by atoms with Gasteiger partial charge < -0.3 is 9.64 Å². The van der Waals surface area contributed by atoms with Crippen molar-refractivity contribution in [1.82, 2.24) is 4.90 Å². The van der Waals surface area contributed by atoms with E-state index >= 15 is 0 Å². The van der Waals surface area contributed by atoms with E-state index in [1.165, 1.54) is 24.5 Å². The Morgan fingerprint density at radius 1 is 1.71 bits per heavy atom. The maximum absolute atomic E-state index is 11.2. The van der Waals surface area contributed by atoms with Crippen molar-refractivity contribution in [2.24, 2.45) is 0 Å². The van der Waals surface area contributed by atoms with E-state index in [-0.39, 0.29) is 5.91 Å². The molecule has 0 unspecified atom stereocenters. The zero-order valence-electron chi connectivity index (χ0n) is 8.24. The molecule has 0 spiro atoms. The summed E-state index contributed by atoms with van der Waals surface area (Å²) >= 11 is 0. The smallest absolute Gasteiger partial charge is 0.246 e. The summed E-state index contributed by atoms with van der Waals surface area (Å²) in [7, 11) is 0. The molecule has 0 aromatic heterocycles. The normalized spacial score (nSPS) is 20.9. The lowest BCUT2D eigenvalue weighted by molar-refractivity contribution is -0.124. The molecule has 1 aliphatic heterocycles. The van der Waals surface area contributed by atoms with Crippen LogP contribution in [0, 0.1) is 0 Å². The predicted octanol–water partition coefficient (Wildman–Crippen LogP) is 1.12. The molecule has 76 valence electrons. The molecule has 1 heterocycles. The van der Waals surface area contributed by atoms with Gasteiger partial charge in [0.1, 0.15) is 0 Å². The van der Waals surface area contributed by atoms with Crippen LogP contribution in [0.15, 0.2) is 24.3 Å². The molecular weight excluding hydrogens is 178 g/mol. The average molecular weight is 193 g/mol. The number of amides is 1. The van der Waals surface area contributed by atoms with E-state index in [1.807, 2.05) is 0 Å². The number of carbonyl (C=O) groups excluding carboxylic acids is 1. The van der Waals surface area contributed by atoms with Crippen LogP contribution in [0.1, 0.15) is 12.8 Å². The Morgan fingerprint density at radius 2 is 2.50 bits per heavy atom. The summed E-state index contributed by atoms with van der Waals surface area (Å²) in [4.78, 5) is 13.0. The first kappa shape index (κ1) is 9.46. The molecule has 0 bridgehead atoms. The topological polar surface area (TPSA) is 29.5 Å². The van der Waals surface area contributed by atoms with Gasteiger partial charge in [0.05, 0.1) is 12.7 Å². The molecule has 1 amide bonds. The van der Waals surface area contributed by atoms with Crippen LogP contribution in [0.4, 0.5) is 0 Å². The molecule has 2 rings (SSSR count). The van der Waals surface area contributed by atoms with Gasteiger partial charge in [-0.2, -0.15) is 0 Å². The number of ether oxygens (including phenoxy) is 1. The van der Waals surface area contributed by atoms with E-state index in [2.05, 4.69) is 12.7 Å². The second-order valence-corrected chi connectivity index (χ2v) is 3.80. The van der Waals surface area contributed by atoms with Crippen molar-refractivity contribution < 1.29 is 9.53 Å². The maximum atomic E-state index is 11.2. The standard InChI is InChI=1S/C11H15NO2/c1-2-11(13)12-6-5-9(7-12)8-14-10-3-4-10/h2,5,10H,1,3-4,6-8H2. The van der Waals surface area contributed by atoms with E-state index < -0.39 is 0 Å². The maximum Gasteiger partial charge on any atom is 0.246 e. The third-order valence-corrected chi connectivity index (χ3v) is 2.51. The van der Waals surface area contributed by atoms with Gasteiger partial charge in [0.25, 0.3) is 0 Å². The van der Waals surface area contributed by atoms with Gasteiger partial charge >= 0.3 is 0 Å². The summed E-state index contributed by atoms with van der Waals surface area (Å²) in [5, 5.41) is 0. The number of nitrogens with zero attached hydrogens (tertiary/aromatic N) is 1. The van der Waals surface area contributed by atoms with E-state index in [4.69, 9.17) is 4.74 Å². The second kappa shape index (κ2) is 3.96. The van der Waals surface area contributed by atoms with Crippen LogP contribution in [0.5, 0.6) is 0 Å². The van der Waals surface area contributed by atoms with Crippen LogP contribution in [-0.2, 0) is 9.53 Å². The van der Waals surface area contributed by atoms with Crippen molar-refractivity contribution in [3.63, 3.8) is 0 Å². The number of rotatable bonds is 4. The van der Waals surface area contributed by atoms with Gasteiger partial charge in [0, 0.05) is 13.1 Å². The van der Waals surface area contributed by atoms with Gasteiger partial charge in [-0.1, -0.05) is 12.7 Å².